The Labute approximate surface area is 210 Å². The number of ether oxygens (including phenoxy) is 1. The topological polar surface area (TPSA) is 38.3 Å². The molecule has 3 atom stereocenters. The van der Waals surface area contributed by atoms with Crippen molar-refractivity contribution in [3.8, 4) is 0 Å². The zero-order chi connectivity index (χ0) is 24.6. The molecule has 0 heterocycles. The smallest absolute Gasteiger partial charge is 0.251 e. The third-order valence-corrected chi connectivity index (χ3v) is 7.03. The number of nitrogens with one attached hydrogen (secondary N) is 1. The van der Waals surface area contributed by atoms with Gasteiger partial charge in [0.2, 0.25) is 0 Å². The van der Waals surface area contributed by atoms with Crippen molar-refractivity contribution in [3.05, 3.63) is 69.7 Å². The summed E-state index contributed by atoms with van der Waals surface area (Å²) in [7, 11) is 1.75. The van der Waals surface area contributed by atoms with Gasteiger partial charge >= 0.3 is 0 Å². The minimum absolute atomic E-state index is 0.111. The molecule has 0 aliphatic rings. The van der Waals surface area contributed by atoms with Crippen LogP contribution in [0.3, 0.4) is 0 Å². The quantitative estimate of drug-likeness (QED) is 0.343. The van der Waals surface area contributed by atoms with Crippen LogP contribution in [-0.2, 0) is 4.74 Å². The first-order valence-electron chi connectivity index (χ1n) is 11.9. The predicted octanol–water partition coefficient (Wildman–Crippen LogP) is 8.30. The van der Waals surface area contributed by atoms with E-state index in [4.69, 9.17) is 27.9 Å². The van der Waals surface area contributed by atoms with Crippen LogP contribution in [0, 0.1) is 5.41 Å². The number of carbonyl (C=O) groups is 1. The lowest BCUT2D eigenvalue weighted by atomic mass is 9.74. The number of methoxy groups -OCH3 is 1. The third kappa shape index (κ3) is 8.02. The van der Waals surface area contributed by atoms with Crippen molar-refractivity contribution in [1.29, 1.82) is 0 Å². The van der Waals surface area contributed by atoms with Crippen molar-refractivity contribution in [2.24, 2.45) is 5.41 Å². The summed E-state index contributed by atoms with van der Waals surface area (Å²) < 4.78 is 6.09. The summed E-state index contributed by atoms with van der Waals surface area (Å²) in [5.41, 5.74) is 1.24. The molecule has 0 saturated carbocycles. The van der Waals surface area contributed by atoms with Crippen LogP contribution in [0.25, 0.3) is 0 Å². The molecule has 2 aromatic carbocycles. The molecule has 0 radical (unpaired) electrons. The second kappa shape index (κ2) is 12.2. The lowest BCUT2D eigenvalue weighted by Crippen LogP contribution is -2.58. The van der Waals surface area contributed by atoms with Gasteiger partial charge in [-0.3, -0.25) is 4.79 Å². The molecule has 1 N–H and O–H groups in total. The SMILES string of the molecule is CCCC(CCCC(C)(OC)C(NC(=O)c1ccc(Cl)cc1)C(C)(C)C)c1ccc(Cl)cc1. The average molecular weight is 493 g/mol. The largest absolute Gasteiger partial charge is 0.376 e. The van der Waals surface area contributed by atoms with E-state index < -0.39 is 5.60 Å². The van der Waals surface area contributed by atoms with E-state index in [0.717, 1.165) is 37.1 Å². The van der Waals surface area contributed by atoms with E-state index in [9.17, 15) is 4.79 Å². The van der Waals surface area contributed by atoms with Gasteiger partial charge in [-0.2, -0.15) is 0 Å². The highest BCUT2D eigenvalue weighted by atomic mass is 35.5. The van der Waals surface area contributed by atoms with Crippen molar-refractivity contribution in [3.63, 3.8) is 0 Å². The summed E-state index contributed by atoms with van der Waals surface area (Å²) in [6.45, 7) is 10.8. The fourth-order valence-corrected chi connectivity index (χ4v) is 4.98. The first kappa shape index (κ1) is 27.7. The number of halogens is 2. The fraction of sp³-hybridized carbons (Fsp3) is 0.536. The van der Waals surface area contributed by atoms with Crippen molar-refractivity contribution >= 4 is 29.1 Å². The van der Waals surface area contributed by atoms with E-state index in [-0.39, 0.29) is 17.4 Å². The van der Waals surface area contributed by atoms with E-state index in [2.05, 4.69) is 52.1 Å². The Hall–Kier alpha value is -1.55. The van der Waals surface area contributed by atoms with E-state index in [1.807, 2.05) is 12.1 Å². The molecule has 3 unspecified atom stereocenters. The Morgan fingerprint density at radius 1 is 0.939 bits per heavy atom. The van der Waals surface area contributed by atoms with Crippen LogP contribution >= 0.6 is 23.2 Å². The molecule has 2 rings (SSSR count). The Morgan fingerprint density at radius 2 is 1.48 bits per heavy atom. The molecule has 1 amide bonds. The van der Waals surface area contributed by atoms with Gasteiger partial charge in [0.05, 0.1) is 11.6 Å². The van der Waals surface area contributed by atoms with Crippen LogP contribution in [0.2, 0.25) is 10.0 Å². The van der Waals surface area contributed by atoms with Gasteiger partial charge in [-0.05, 0) is 85.9 Å². The predicted molar refractivity (Wildman–Crippen MR) is 141 cm³/mol. The van der Waals surface area contributed by atoms with Crippen LogP contribution in [-0.4, -0.2) is 24.7 Å². The molecule has 2 aromatic rings. The number of benzene rings is 2. The Morgan fingerprint density at radius 3 is 1.97 bits per heavy atom. The second-order valence-electron chi connectivity index (χ2n) is 10.2. The van der Waals surface area contributed by atoms with E-state index in [1.165, 1.54) is 5.56 Å². The molecular formula is C28H39Cl2NO2. The van der Waals surface area contributed by atoms with Gasteiger partial charge in [-0.1, -0.05) is 69.5 Å². The molecule has 5 heteroatoms. The standard InChI is InChI=1S/C28H39Cl2NO2/c1-7-9-20(21-11-15-23(29)16-12-21)10-8-19-28(5,33-6)26(27(2,3)4)31-25(32)22-13-17-24(30)18-14-22/h11-18,20,26H,7-10,19H2,1-6H3,(H,31,32). The first-order valence-corrected chi connectivity index (χ1v) is 12.6. The molecule has 3 nitrogen and oxygen atoms in total. The van der Waals surface area contributed by atoms with Crippen molar-refractivity contribution in [2.75, 3.05) is 7.11 Å². The van der Waals surface area contributed by atoms with Gasteiger partial charge < -0.3 is 10.1 Å². The van der Waals surface area contributed by atoms with Gasteiger partial charge in [0, 0.05) is 22.7 Å². The molecule has 0 aliphatic heterocycles. The highest BCUT2D eigenvalue weighted by Crippen LogP contribution is 2.36. The minimum Gasteiger partial charge on any atom is -0.376 e. The lowest BCUT2D eigenvalue weighted by molar-refractivity contribution is -0.0611. The second-order valence-corrected chi connectivity index (χ2v) is 11.1. The first-order chi connectivity index (χ1) is 15.5. The lowest BCUT2D eigenvalue weighted by Gasteiger charge is -2.44. The molecule has 0 aliphatic carbocycles. The highest BCUT2D eigenvalue weighted by molar-refractivity contribution is 6.30. The summed E-state index contributed by atoms with van der Waals surface area (Å²) in [6, 6.07) is 15.0. The molecule has 0 aromatic heterocycles. The van der Waals surface area contributed by atoms with Gasteiger partial charge in [0.15, 0.2) is 0 Å². The van der Waals surface area contributed by atoms with Crippen molar-refractivity contribution in [2.45, 2.75) is 84.3 Å². The summed E-state index contributed by atoms with van der Waals surface area (Å²) in [5, 5.41) is 4.65. The molecule has 182 valence electrons. The normalized spacial score (nSPS) is 15.5. The maximum Gasteiger partial charge on any atom is 0.251 e. The Bertz CT molecular complexity index is 874. The zero-order valence-electron chi connectivity index (χ0n) is 20.9. The summed E-state index contributed by atoms with van der Waals surface area (Å²) in [6.07, 6.45) is 5.19. The van der Waals surface area contributed by atoms with Gasteiger partial charge in [-0.15, -0.1) is 0 Å². The summed E-state index contributed by atoms with van der Waals surface area (Å²) >= 11 is 12.1. The highest BCUT2D eigenvalue weighted by Gasteiger charge is 2.42. The molecule has 0 bridgehead atoms. The monoisotopic (exact) mass is 491 g/mol. The van der Waals surface area contributed by atoms with E-state index in [0.29, 0.717) is 16.5 Å². The van der Waals surface area contributed by atoms with Gasteiger partial charge in [0.25, 0.3) is 5.91 Å². The number of rotatable bonds is 11. The van der Waals surface area contributed by atoms with Gasteiger partial charge in [0.1, 0.15) is 0 Å². The van der Waals surface area contributed by atoms with Crippen LogP contribution in [0.1, 0.15) is 88.6 Å². The number of amides is 1. The maximum absolute atomic E-state index is 13.0. The van der Waals surface area contributed by atoms with Crippen LogP contribution in [0.5, 0.6) is 0 Å². The maximum atomic E-state index is 13.0. The van der Waals surface area contributed by atoms with E-state index in [1.54, 1.807) is 31.4 Å². The Kier molecular flexibility index (Phi) is 10.3. The summed E-state index contributed by atoms with van der Waals surface area (Å²) in [5.74, 6) is 0.380. The van der Waals surface area contributed by atoms with Crippen LogP contribution in [0.4, 0.5) is 0 Å². The van der Waals surface area contributed by atoms with Crippen LogP contribution in [0.15, 0.2) is 48.5 Å². The van der Waals surface area contributed by atoms with Crippen LogP contribution < -0.4 is 5.32 Å². The molecule has 0 saturated heterocycles. The number of hydrogen-bond donors (Lipinski definition) is 1. The van der Waals surface area contributed by atoms with Crippen molar-refractivity contribution < 1.29 is 9.53 Å². The molecule has 0 fully saturated rings. The fourth-order valence-electron chi connectivity index (χ4n) is 4.73. The molecule has 0 spiro atoms. The zero-order valence-corrected chi connectivity index (χ0v) is 22.4. The minimum atomic E-state index is -0.503. The third-order valence-electron chi connectivity index (χ3n) is 6.53. The molecular weight excluding hydrogens is 453 g/mol. The average Bonchev–Trinajstić information content (AvgIpc) is 2.77. The number of hydrogen-bond acceptors (Lipinski definition) is 2. The number of carbonyl (C=O) groups excluding carboxylic acids is 1. The van der Waals surface area contributed by atoms with E-state index >= 15 is 0 Å². The van der Waals surface area contributed by atoms with Gasteiger partial charge in [-0.25, -0.2) is 0 Å². The Balaban J connectivity index is 2.14. The molecule has 33 heavy (non-hydrogen) atoms. The van der Waals surface area contributed by atoms with Crippen molar-refractivity contribution in [1.82, 2.24) is 5.32 Å². The summed E-state index contributed by atoms with van der Waals surface area (Å²) in [4.78, 5) is 13.0.